The third-order valence-electron chi connectivity index (χ3n) is 4.09. The van der Waals surface area contributed by atoms with Gasteiger partial charge in [0.25, 0.3) is 0 Å². The summed E-state index contributed by atoms with van der Waals surface area (Å²) in [5.41, 5.74) is 7.31. The van der Waals surface area contributed by atoms with Crippen molar-refractivity contribution in [3.63, 3.8) is 0 Å². The monoisotopic (exact) mass is 470 g/mol. The van der Waals surface area contributed by atoms with Crippen molar-refractivity contribution in [2.24, 2.45) is 0 Å². The number of rotatable bonds is 1. The first-order valence-electron chi connectivity index (χ1n) is 7.78. The van der Waals surface area contributed by atoms with Gasteiger partial charge in [0, 0.05) is 10.2 Å². The molecule has 0 fully saturated rings. The maximum atomic E-state index is 3.60. The Labute approximate surface area is 200 Å². The summed E-state index contributed by atoms with van der Waals surface area (Å²) in [5.74, 6) is 0. The van der Waals surface area contributed by atoms with Crippen molar-refractivity contribution in [2.75, 3.05) is 0 Å². The van der Waals surface area contributed by atoms with Crippen LogP contribution in [0.5, 0.6) is 0 Å². The zero-order valence-corrected chi connectivity index (χ0v) is 22.9. The second kappa shape index (κ2) is 23.5. The summed E-state index contributed by atoms with van der Waals surface area (Å²) in [6.45, 7) is 16.8. The molecule has 1 aromatic carbocycles. The Morgan fingerprint density at radius 3 is 1.46 bits per heavy atom. The summed E-state index contributed by atoms with van der Waals surface area (Å²) in [7, 11) is 2.00. The van der Waals surface area contributed by atoms with Crippen LogP contribution in [0.25, 0.3) is 0 Å². The fourth-order valence-electron chi connectivity index (χ4n) is 1.92. The van der Waals surface area contributed by atoms with E-state index in [1.807, 2.05) is 22.4 Å². The molecule has 2 radical (unpaired) electrons. The smallest absolute Gasteiger partial charge is 0.358 e. The zero-order chi connectivity index (χ0) is 16.4. The molecule has 1 aliphatic carbocycles. The molecule has 0 saturated carbocycles. The molecule has 1 aliphatic rings. The van der Waals surface area contributed by atoms with Crippen molar-refractivity contribution in [3.05, 3.63) is 66.5 Å². The first-order valence-corrected chi connectivity index (χ1v) is 8.48. The van der Waals surface area contributed by atoms with Gasteiger partial charge in [-0.15, -0.1) is 43.6 Å². The molecule has 0 atom stereocenters. The van der Waals surface area contributed by atoms with E-state index in [9.17, 15) is 0 Å². The van der Waals surface area contributed by atoms with Crippen molar-refractivity contribution in [1.82, 2.24) is 0 Å². The predicted molar refractivity (Wildman–Crippen MR) is 128 cm³/mol. The molecule has 0 amide bonds. The molecule has 0 saturated heterocycles. The van der Waals surface area contributed by atoms with Gasteiger partial charge in [-0.3, -0.25) is 6.08 Å². The third kappa shape index (κ3) is 14.5. The van der Waals surface area contributed by atoms with Crippen LogP contribution in [0.2, 0.25) is 0 Å². The average Bonchev–Trinajstić information content (AvgIpc) is 3.09. The second-order valence-electron chi connectivity index (χ2n) is 5.46. The summed E-state index contributed by atoms with van der Waals surface area (Å²) in [5, 5.41) is 1.48. The van der Waals surface area contributed by atoms with Gasteiger partial charge >= 0.3 is 21.7 Å². The van der Waals surface area contributed by atoms with Gasteiger partial charge in [0.2, 0.25) is 0 Å². The molecule has 0 heterocycles. The van der Waals surface area contributed by atoms with Gasteiger partial charge in [0.1, 0.15) is 0 Å². The number of hydrogen-bond acceptors (Lipinski definition) is 0. The molecule has 0 unspecified atom stereocenters. The Balaban J connectivity index is -0.0000000616. The summed E-state index contributed by atoms with van der Waals surface area (Å²) < 4.78 is 0. The number of allylic oxidation sites excluding steroid dienone is 4. The first kappa shape index (κ1) is 41.0. The van der Waals surface area contributed by atoms with Gasteiger partial charge in [-0.25, -0.2) is 12.2 Å². The van der Waals surface area contributed by atoms with Gasteiger partial charge in [0.15, 0.2) is 0 Å². The molecule has 0 N–H and O–H groups in total. The Kier molecular flexibility index (Phi) is 37.1. The molecule has 0 nitrogen and oxygen atoms in total. The fourth-order valence-corrected chi connectivity index (χ4v) is 2.45. The predicted octanol–water partition coefficient (Wildman–Crippen LogP) is 6.13. The summed E-state index contributed by atoms with van der Waals surface area (Å²) in [4.78, 5) is 0. The molecule has 26 heavy (non-hydrogen) atoms. The largest absolute Gasteiger partial charge is 3.00 e. The van der Waals surface area contributed by atoms with E-state index in [0.717, 1.165) is 12.8 Å². The van der Waals surface area contributed by atoms with Crippen LogP contribution in [0.15, 0.2) is 18.2 Å². The van der Waals surface area contributed by atoms with E-state index < -0.39 is 0 Å². The molecular formula is C21H37Cl3SiTi. The van der Waals surface area contributed by atoms with Crippen LogP contribution in [0.4, 0.5) is 0 Å². The van der Waals surface area contributed by atoms with Crippen LogP contribution in [-0.4, -0.2) is 10.2 Å². The van der Waals surface area contributed by atoms with E-state index in [4.69, 9.17) is 0 Å². The standard InChI is InChI=1S/C11H17Si.C5H5.C4H9.CH3.3ClH.Ti/c1-6-7(2)9(4)11(12)10(5)8(6)3;1-2-4-5-3-1;1-3-4-2;;;;;/h12H2,1-5H3;1-3H,4H2;1,3-4H2,2H3;1H3;3*1H;/q;3*-1;;;;+3. The van der Waals surface area contributed by atoms with Crippen LogP contribution in [0.1, 0.15) is 54.0 Å². The quantitative estimate of drug-likeness (QED) is 0.341. The van der Waals surface area contributed by atoms with Gasteiger partial charge < -0.3 is 14.4 Å². The summed E-state index contributed by atoms with van der Waals surface area (Å²) in [6.07, 6.45) is 12.3. The van der Waals surface area contributed by atoms with Gasteiger partial charge in [-0.1, -0.05) is 18.5 Å². The Hall–Kier alpha value is 0.501. The topological polar surface area (TPSA) is 0 Å². The zero-order valence-electron chi connectivity index (χ0n) is 17.5. The average molecular weight is 472 g/mol. The van der Waals surface area contributed by atoms with E-state index in [1.54, 1.807) is 0 Å². The second-order valence-corrected chi connectivity index (χ2v) is 6.17. The normalized spacial score (nSPS) is 9.38. The van der Waals surface area contributed by atoms with Crippen molar-refractivity contribution in [1.29, 1.82) is 0 Å². The third-order valence-corrected chi connectivity index (χ3v) is 5.16. The number of benzene rings is 1. The van der Waals surface area contributed by atoms with Gasteiger partial charge in [-0.2, -0.15) is 12.5 Å². The Bertz CT molecular complexity index is 395. The van der Waals surface area contributed by atoms with Crippen molar-refractivity contribution >= 4 is 52.7 Å². The minimum atomic E-state index is 0. The van der Waals surface area contributed by atoms with E-state index in [1.165, 1.54) is 39.4 Å². The molecule has 1 aromatic rings. The van der Waals surface area contributed by atoms with E-state index in [-0.39, 0.29) is 66.4 Å². The number of hydrogen-bond donors (Lipinski definition) is 0. The van der Waals surface area contributed by atoms with Crippen LogP contribution in [0, 0.1) is 55.0 Å². The molecule has 0 aliphatic heterocycles. The van der Waals surface area contributed by atoms with Crippen molar-refractivity contribution in [2.45, 2.75) is 60.8 Å². The van der Waals surface area contributed by atoms with E-state index in [0.29, 0.717) is 0 Å². The summed E-state index contributed by atoms with van der Waals surface area (Å²) in [6, 6.07) is 0. The van der Waals surface area contributed by atoms with Gasteiger partial charge in [-0.05, 0) is 62.4 Å². The first-order chi connectivity index (χ1) is 9.88. The molecule has 2 rings (SSSR count). The van der Waals surface area contributed by atoms with Gasteiger partial charge in [0.05, 0.1) is 0 Å². The molecule has 150 valence electrons. The SMILES string of the molecule is Cc1c(C)c(C)c([SiH2])c(C)c1C.Cl.Cl.Cl.[C-]1=CC=CC1.[CH2-]CCC.[CH3-].[Ti+3]. The molecule has 5 heteroatoms. The minimum Gasteiger partial charge on any atom is -0.358 e. The fraction of sp³-hybridized carbons (Fsp3) is 0.429. The van der Waals surface area contributed by atoms with Crippen LogP contribution >= 0.6 is 37.2 Å². The Morgan fingerprint density at radius 1 is 0.923 bits per heavy atom. The van der Waals surface area contributed by atoms with Crippen molar-refractivity contribution < 1.29 is 21.7 Å². The minimum absolute atomic E-state index is 0. The maximum Gasteiger partial charge on any atom is 3.00 e. The molecule has 0 spiro atoms. The number of unbranched alkanes of at least 4 members (excludes halogenated alkanes) is 1. The van der Waals surface area contributed by atoms with E-state index >= 15 is 0 Å². The maximum absolute atomic E-state index is 3.60. The van der Waals surface area contributed by atoms with Crippen LogP contribution in [-0.2, 0) is 21.7 Å². The van der Waals surface area contributed by atoms with Crippen LogP contribution < -0.4 is 5.19 Å². The van der Waals surface area contributed by atoms with Crippen LogP contribution in [0.3, 0.4) is 0 Å². The Morgan fingerprint density at radius 2 is 1.27 bits per heavy atom. The van der Waals surface area contributed by atoms with E-state index in [2.05, 4.69) is 60.6 Å². The molecular weight excluding hydrogens is 435 g/mol. The molecule has 0 bridgehead atoms. The number of halogens is 3. The van der Waals surface area contributed by atoms with Crippen molar-refractivity contribution in [3.8, 4) is 0 Å². The summed E-state index contributed by atoms with van der Waals surface area (Å²) >= 11 is 0. The molecule has 0 aromatic heterocycles.